The Morgan fingerprint density at radius 3 is 2.44 bits per heavy atom. The second-order valence-corrected chi connectivity index (χ2v) is 6.34. The van der Waals surface area contributed by atoms with E-state index in [4.69, 9.17) is 0 Å². The van der Waals surface area contributed by atoms with Crippen LogP contribution in [0, 0.1) is 0 Å². The highest BCUT2D eigenvalue weighted by atomic mass is 127. The second kappa shape index (κ2) is 10.2. The minimum Gasteiger partial charge on any atom is -0.363 e. The van der Waals surface area contributed by atoms with Crippen LogP contribution in [0.1, 0.15) is 5.56 Å². The Labute approximate surface area is 177 Å². The number of hydrogen-bond acceptors (Lipinski definition) is 6. The molecule has 2 aromatic heterocycles. The first-order chi connectivity index (χ1) is 12.7. The summed E-state index contributed by atoms with van der Waals surface area (Å²) in [6.45, 7) is 4.25. The quantitative estimate of drug-likeness (QED) is 0.402. The highest BCUT2D eigenvalue weighted by Gasteiger charge is 2.20. The lowest BCUT2D eigenvalue weighted by atomic mass is 10.2. The number of nitrogens with one attached hydrogen (secondary N) is 1. The molecular weight excluding hydrogens is 455 g/mol. The molecule has 9 heteroatoms. The van der Waals surface area contributed by atoms with Crippen molar-refractivity contribution in [3.63, 3.8) is 0 Å². The van der Waals surface area contributed by atoms with E-state index in [0.29, 0.717) is 0 Å². The number of halogens is 1. The molecule has 1 saturated heterocycles. The zero-order valence-electron chi connectivity index (χ0n) is 16.0. The van der Waals surface area contributed by atoms with Crippen molar-refractivity contribution in [2.75, 3.05) is 57.1 Å². The number of rotatable bonds is 4. The van der Waals surface area contributed by atoms with Crippen molar-refractivity contribution in [2.45, 2.75) is 6.54 Å². The van der Waals surface area contributed by atoms with Crippen LogP contribution in [0.2, 0.25) is 0 Å². The van der Waals surface area contributed by atoms with Crippen LogP contribution in [-0.2, 0) is 6.54 Å². The molecule has 1 N–H and O–H groups in total. The number of guanidine groups is 1. The third kappa shape index (κ3) is 5.65. The molecule has 0 spiro atoms. The van der Waals surface area contributed by atoms with Crippen molar-refractivity contribution in [3.8, 4) is 0 Å². The normalized spacial score (nSPS) is 14.6. The summed E-state index contributed by atoms with van der Waals surface area (Å²) in [7, 11) is 5.82. The van der Waals surface area contributed by atoms with Gasteiger partial charge in [-0.25, -0.2) is 15.0 Å². The highest BCUT2D eigenvalue weighted by Crippen LogP contribution is 2.11. The van der Waals surface area contributed by atoms with Crippen LogP contribution in [0.15, 0.2) is 41.8 Å². The van der Waals surface area contributed by atoms with Gasteiger partial charge in [-0.05, 0) is 23.8 Å². The first kappa shape index (κ1) is 21.1. The van der Waals surface area contributed by atoms with Gasteiger partial charge in [-0.3, -0.25) is 4.99 Å². The van der Waals surface area contributed by atoms with Gasteiger partial charge in [0.1, 0.15) is 5.82 Å². The molecule has 3 heterocycles. The molecule has 8 nitrogen and oxygen atoms in total. The fraction of sp³-hybridized carbons (Fsp3) is 0.444. The van der Waals surface area contributed by atoms with Gasteiger partial charge >= 0.3 is 0 Å². The molecule has 0 amide bonds. The van der Waals surface area contributed by atoms with Gasteiger partial charge in [-0.2, -0.15) is 0 Å². The molecule has 27 heavy (non-hydrogen) atoms. The van der Waals surface area contributed by atoms with E-state index in [2.05, 4.69) is 41.1 Å². The van der Waals surface area contributed by atoms with Gasteiger partial charge in [0.2, 0.25) is 5.95 Å². The molecule has 0 bridgehead atoms. The molecule has 0 aromatic carbocycles. The molecule has 146 valence electrons. The molecule has 0 unspecified atom stereocenters. The fourth-order valence-electron chi connectivity index (χ4n) is 2.90. The Hall–Kier alpha value is -2.17. The van der Waals surface area contributed by atoms with Crippen LogP contribution in [0.4, 0.5) is 11.8 Å². The van der Waals surface area contributed by atoms with Crippen LogP contribution >= 0.6 is 24.0 Å². The third-order valence-corrected chi connectivity index (χ3v) is 4.34. The van der Waals surface area contributed by atoms with Gasteiger partial charge in [0.15, 0.2) is 5.96 Å². The number of aromatic nitrogens is 3. The van der Waals surface area contributed by atoms with E-state index in [-0.39, 0.29) is 24.0 Å². The van der Waals surface area contributed by atoms with Crippen molar-refractivity contribution >= 4 is 41.7 Å². The average Bonchev–Trinajstić information content (AvgIpc) is 2.70. The summed E-state index contributed by atoms with van der Waals surface area (Å²) in [4.78, 5) is 23.9. The zero-order valence-corrected chi connectivity index (χ0v) is 18.4. The minimum atomic E-state index is 0. The Bertz CT molecular complexity index is 729. The topological polar surface area (TPSA) is 72.8 Å². The van der Waals surface area contributed by atoms with Gasteiger partial charge in [0.25, 0.3) is 0 Å². The molecule has 2 aromatic rings. The summed E-state index contributed by atoms with van der Waals surface area (Å²) in [6, 6.07) is 5.95. The molecule has 3 rings (SSSR count). The van der Waals surface area contributed by atoms with E-state index in [1.807, 2.05) is 44.4 Å². The smallest absolute Gasteiger partial charge is 0.225 e. The number of pyridine rings is 1. The van der Waals surface area contributed by atoms with Gasteiger partial charge in [0.05, 0.1) is 0 Å². The number of piperazine rings is 1. The number of anilines is 2. The van der Waals surface area contributed by atoms with Crippen molar-refractivity contribution < 1.29 is 0 Å². The largest absolute Gasteiger partial charge is 0.363 e. The maximum Gasteiger partial charge on any atom is 0.225 e. The van der Waals surface area contributed by atoms with Crippen LogP contribution in [0.5, 0.6) is 0 Å². The highest BCUT2D eigenvalue weighted by molar-refractivity contribution is 14.0. The van der Waals surface area contributed by atoms with Gasteiger partial charge < -0.3 is 20.0 Å². The average molecular weight is 482 g/mol. The summed E-state index contributed by atoms with van der Waals surface area (Å²) < 4.78 is 0. The second-order valence-electron chi connectivity index (χ2n) is 6.34. The standard InChI is InChI=1S/C18H26N8.HI/c1-19-17(23-14-15-5-8-20-16(13-15)24(2)3)25-9-11-26(12-10-25)18-21-6-4-7-22-18;/h4-8,13H,9-12,14H2,1-3H3,(H,19,23);1H. The predicted octanol–water partition coefficient (Wildman–Crippen LogP) is 1.45. The van der Waals surface area contributed by atoms with Gasteiger partial charge in [-0.1, -0.05) is 0 Å². The van der Waals surface area contributed by atoms with E-state index >= 15 is 0 Å². The first-order valence-corrected chi connectivity index (χ1v) is 8.77. The lowest BCUT2D eigenvalue weighted by Gasteiger charge is -2.36. The molecule has 0 saturated carbocycles. The molecule has 0 radical (unpaired) electrons. The van der Waals surface area contributed by atoms with Crippen LogP contribution < -0.4 is 15.1 Å². The maximum absolute atomic E-state index is 4.44. The lowest BCUT2D eigenvalue weighted by Crippen LogP contribution is -2.52. The summed E-state index contributed by atoms with van der Waals surface area (Å²) in [5, 5.41) is 3.46. The van der Waals surface area contributed by atoms with E-state index in [1.165, 1.54) is 5.56 Å². The third-order valence-electron chi connectivity index (χ3n) is 4.34. The molecule has 0 atom stereocenters. The fourth-order valence-corrected chi connectivity index (χ4v) is 2.90. The van der Waals surface area contributed by atoms with Crippen LogP contribution in [0.3, 0.4) is 0 Å². The SMILES string of the molecule is CN=C(NCc1ccnc(N(C)C)c1)N1CCN(c2ncccn2)CC1.I. The molecular formula is C18H27IN8. The minimum absolute atomic E-state index is 0. The van der Waals surface area contributed by atoms with E-state index in [1.54, 1.807) is 12.4 Å². The van der Waals surface area contributed by atoms with E-state index < -0.39 is 0 Å². The van der Waals surface area contributed by atoms with Crippen LogP contribution in [0.25, 0.3) is 0 Å². The summed E-state index contributed by atoms with van der Waals surface area (Å²) >= 11 is 0. The molecule has 1 fully saturated rings. The van der Waals surface area contributed by atoms with Crippen molar-refractivity contribution in [2.24, 2.45) is 4.99 Å². The Morgan fingerprint density at radius 1 is 1.11 bits per heavy atom. The van der Waals surface area contributed by atoms with Crippen molar-refractivity contribution in [1.82, 2.24) is 25.2 Å². The van der Waals surface area contributed by atoms with Crippen molar-refractivity contribution in [1.29, 1.82) is 0 Å². The Morgan fingerprint density at radius 2 is 1.81 bits per heavy atom. The number of hydrogen-bond donors (Lipinski definition) is 1. The monoisotopic (exact) mass is 482 g/mol. The predicted molar refractivity (Wildman–Crippen MR) is 120 cm³/mol. The van der Waals surface area contributed by atoms with E-state index in [0.717, 1.165) is 50.4 Å². The zero-order chi connectivity index (χ0) is 18.4. The Balaban J connectivity index is 0.00000261. The molecule has 0 aliphatic carbocycles. The van der Waals surface area contributed by atoms with Gasteiger partial charge in [0, 0.05) is 72.5 Å². The Kier molecular flexibility index (Phi) is 8.01. The first-order valence-electron chi connectivity index (χ1n) is 8.77. The van der Waals surface area contributed by atoms with Gasteiger partial charge in [-0.15, -0.1) is 24.0 Å². The molecule has 1 aliphatic heterocycles. The summed E-state index contributed by atoms with van der Waals surface area (Å²) in [5.74, 6) is 2.67. The van der Waals surface area contributed by atoms with Crippen molar-refractivity contribution in [3.05, 3.63) is 42.4 Å². The maximum atomic E-state index is 4.44. The van der Waals surface area contributed by atoms with Crippen LogP contribution in [-0.4, -0.2) is 73.1 Å². The molecule has 1 aliphatic rings. The van der Waals surface area contributed by atoms with E-state index in [9.17, 15) is 0 Å². The summed E-state index contributed by atoms with van der Waals surface area (Å²) in [5.41, 5.74) is 1.18. The lowest BCUT2D eigenvalue weighted by molar-refractivity contribution is 0.370. The number of aliphatic imine (C=N–C) groups is 1. The summed E-state index contributed by atoms with van der Waals surface area (Å²) in [6.07, 6.45) is 5.41. The number of nitrogens with zero attached hydrogens (tertiary/aromatic N) is 7.